The first-order valence-corrected chi connectivity index (χ1v) is 5.25. The Labute approximate surface area is 89.6 Å². The summed E-state index contributed by atoms with van der Waals surface area (Å²) in [5.41, 5.74) is 0. The van der Waals surface area contributed by atoms with E-state index < -0.39 is 24.6 Å². The fourth-order valence-electron chi connectivity index (χ4n) is 1.66. The molecule has 0 radical (unpaired) electrons. The van der Waals surface area contributed by atoms with Crippen LogP contribution in [0.25, 0.3) is 0 Å². The van der Waals surface area contributed by atoms with Crippen molar-refractivity contribution in [3.05, 3.63) is 0 Å². The molecule has 0 saturated carbocycles. The molecule has 0 aromatic heterocycles. The van der Waals surface area contributed by atoms with Crippen LogP contribution in [0.5, 0.6) is 0 Å². The fourth-order valence-corrected chi connectivity index (χ4v) is 1.66. The zero-order chi connectivity index (χ0) is 11.6. The van der Waals surface area contributed by atoms with Gasteiger partial charge in [0.1, 0.15) is 6.10 Å². The average Bonchev–Trinajstić information content (AvgIpc) is 2.18. The van der Waals surface area contributed by atoms with Gasteiger partial charge in [-0.2, -0.15) is 0 Å². The minimum absolute atomic E-state index is 0.107. The highest BCUT2D eigenvalue weighted by atomic mass is 16.7. The summed E-state index contributed by atoms with van der Waals surface area (Å²) in [5.74, 6) is -0.308. The molecule has 5 unspecified atom stereocenters. The summed E-state index contributed by atoms with van der Waals surface area (Å²) in [7, 11) is 0. The maximum Gasteiger partial charge on any atom is 0.186 e. The first kappa shape index (κ1) is 12.9. The van der Waals surface area contributed by atoms with Crippen molar-refractivity contribution in [3.63, 3.8) is 0 Å². The van der Waals surface area contributed by atoms with Crippen molar-refractivity contribution < 1.29 is 24.8 Å². The molecule has 0 bridgehead atoms. The Balaban J connectivity index is 2.65. The predicted molar refractivity (Wildman–Crippen MR) is 53.1 cm³/mol. The maximum absolute atomic E-state index is 9.71. The van der Waals surface area contributed by atoms with Gasteiger partial charge < -0.3 is 24.8 Å². The summed E-state index contributed by atoms with van der Waals surface area (Å²) in [6.07, 6.45) is -3.46. The summed E-state index contributed by atoms with van der Waals surface area (Å²) in [6.45, 7) is 5.16. The molecule has 1 aliphatic rings. The Kier molecular flexibility index (Phi) is 4.48. The Bertz CT molecular complexity index is 194. The number of aliphatic hydroxyl groups excluding tert-OH is 3. The van der Waals surface area contributed by atoms with Crippen LogP contribution in [0.1, 0.15) is 20.8 Å². The van der Waals surface area contributed by atoms with E-state index in [1.807, 2.05) is 13.8 Å². The summed E-state index contributed by atoms with van der Waals surface area (Å²) in [5, 5.41) is 28.4. The highest BCUT2D eigenvalue weighted by molar-refractivity contribution is 4.86. The highest BCUT2D eigenvalue weighted by Gasteiger charge is 2.42. The van der Waals surface area contributed by atoms with E-state index in [0.717, 1.165) is 0 Å². The van der Waals surface area contributed by atoms with Gasteiger partial charge in [0.05, 0.1) is 24.9 Å². The zero-order valence-electron chi connectivity index (χ0n) is 9.33. The standard InChI is InChI=1S/C10H20O5/c1-5(2)14-10-9(13)8(12)6(3)7(4-11)15-10/h5-13H,4H2,1-3H3. The van der Waals surface area contributed by atoms with E-state index >= 15 is 0 Å². The second-order valence-electron chi connectivity index (χ2n) is 4.25. The van der Waals surface area contributed by atoms with Crippen LogP contribution < -0.4 is 0 Å². The first-order chi connectivity index (χ1) is 6.97. The minimum atomic E-state index is -1.06. The van der Waals surface area contributed by atoms with Crippen molar-refractivity contribution in [2.75, 3.05) is 6.61 Å². The van der Waals surface area contributed by atoms with Crippen LogP contribution in [-0.4, -0.2) is 52.6 Å². The van der Waals surface area contributed by atoms with Crippen LogP contribution >= 0.6 is 0 Å². The summed E-state index contributed by atoms with van der Waals surface area (Å²) in [6, 6.07) is 0. The van der Waals surface area contributed by atoms with Crippen molar-refractivity contribution >= 4 is 0 Å². The second kappa shape index (κ2) is 5.23. The molecule has 3 N–H and O–H groups in total. The molecular formula is C10H20O5. The van der Waals surface area contributed by atoms with Gasteiger partial charge in [0.2, 0.25) is 0 Å². The van der Waals surface area contributed by atoms with Gasteiger partial charge in [0.25, 0.3) is 0 Å². The number of rotatable bonds is 3. The van der Waals surface area contributed by atoms with E-state index in [4.69, 9.17) is 14.6 Å². The first-order valence-electron chi connectivity index (χ1n) is 5.25. The van der Waals surface area contributed by atoms with Crippen LogP contribution in [-0.2, 0) is 9.47 Å². The third kappa shape index (κ3) is 2.89. The van der Waals surface area contributed by atoms with Crippen molar-refractivity contribution in [2.24, 2.45) is 5.92 Å². The summed E-state index contributed by atoms with van der Waals surface area (Å²) in [4.78, 5) is 0. The van der Waals surface area contributed by atoms with E-state index in [2.05, 4.69) is 0 Å². The minimum Gasteiger partial charge on any atom is -0.394 e. The predicted octanol–water partition coefficient (Wildman–Crippen LogP) is -0.514. The van der Waals surface area contributed by atoms with E-state index in [1.165, 1.54) is 0 Å². The van der Waals surface area contributed by atoms with Crippen LogP contribution in [0.3, 0.4) is 0 Å². The van der Waals surface area contributed by atoms with Crippen molar-refractivity contribution in [3.8, 4) is 0 Å². The number of hydrogen-bond acceptors (Lipinski definition) is 5. The lowest BCUT2D eigenvalue weighted by Gasteiger charge is -2.41. The number of hydrogen-bond donors (Lipinski definition) is 3. The average molecular weight is 220 g/mol. The SMILES string of the molecule is CC(C)OC1OC(CO)C(C)C(O)C1O. The van der Waals surface area contributed by atoms with Gasteiger partial charge in [0.15, 0.2) is 6.29 Å². The molecule has 0 aliphatic carbocycles. The van der Waals surface area contributed by atoms with E-state index in [9.17, 15) is 10.2 Å². The molecule has 5 nitrogen and oxygen atoms in total. The molecule has 1 aliphatic heterocycles. The maximum atomic E-state index is 9.71. The second-order valence-corrected chi connectivity index (χ2v) is 4.25. The lowest BCUT2D eigenvalue weighted by atomic mass is 9.91. The molecule has 5 heteroatoms. The quantitative estimate of drug-likeness (QED) is 0.597. The molecule has 0 amide bonds. The van der Waals surface area contributed by atoms with E-state index in [-0.39, 0.29) is 18.6 Å². The molecule has 90 valence electrons. The van der Waals surface area contributed by atoms with Gasteiger partial charge >= 0.3 is 0 Å². The smallest absolute Gasteiger partial charge is 0.186 e. The van der Waals surface area contributed by atoms with Crippen molar-refractivity contribution in [1.29, 1.82) is 0 Å². The highest BCUT2D eigenvalue weighted by Crippen LogP contribution is 2.26. The van der Waals surface area contributed by atoms with Gasteiger partial charge in [-0.25, -0.2) is 0 Å². The molecule has 1 heterocycles. The molecule has 5 atom stereocenters. The van der Waals surface area contributed by atoms with Crippen LogP contribution in [0, 0.1) is 5.92 Å². The third-order valence-corrected chi connectivity index (χ3v) is 2.65. The Morgan fingerprint density at radius 3 is 2.33 bits per heavy atom. The Hall–Kier alpha value is -0.200. The Morgan fingerprint density at radius 1 is 1.27 bits per heavy atom. The number of ether oxygens (including phenoxy) is 2. The van der Waals surface area contributed by atoms with Gasteiger partial charge in [-0.15, -0.1) is 0 Å². The Morgan fingerprint density at radius 2 is 1.87 bits per heavy atom. The molecule has 1 saturated heterocycles. The molecule has 0 aromatic rings. The topological polar surface area (TPSA) is 79.2 Å². The largest absolute Gasteiger partial charge is 0.394 e. The molecular weight excluding hydrogens is 200 g/mol. The summed E-state index contributed by atoms with van der Waals surface area (Å²) < 4.78 is 10.7. The van der Waals surface area contributed by atoms with Gasteiger partial charge in [-0.3, -0.25) is 0 Å². The van der Waals surface area contributed by atoms with Gasteiger partial charge in [-0.1, -0.05) is 6.92 Å². The van der Waals surface area contributed by atoms with E-state index in [1.54, 1.807) is 6.92 Å². The molecule has 0 spiro atoms. The van der Waals surface area contributed by atoms with Gasteiger partial charge in [-0.05, 0) is 13.8 Å². The number of aliphatic hydroxyl groups is 3. The van der Waals surface area contributed by atoms with E-state index in [0.29, 0.717) is 0 Å². The lowest BCUT2D eigenvalue weighted by molar-refractivity contribution is -0.296. The molecule has 1 rings (SSSR count). The molecule has 1 fully saturated rings. The van der Waals surface area contributed by atoms with Crippen molar-refractivity contribution in [2.45, 2.75) is 51.5 Å². The van der Waals surface area contributed by atoms with Gasteiger partial charge in [0, 0.05) is 5.92 Å². The van der Waals surface area contributed by atoms with Crippen LogP contribution in [0.2, 0.25) is 0 Å². The third-order valence-electron chi connectivity index (χ3n) is 2.65. The lowest BCUT2D eigenvalue weighted by Crippen LogP contribution is -2.55. The van der Waals surface area contributed by atoms with Crippen LogP contribution in [0.15, 0.2) is 0 Å². The summed E-state index contributed by atoms with van der Waals surface area (Å²) >= 11 is 0. The normalized spacial score (nSPS) is 42.2. The van der Waals surface area contributed by atoms with Crippen molar-refractivity contribution in [1.82, 2.24) is 0 Å². The fraction of sp³-hybridized carbons (Fsp3) is 1.00. The monoisotopic (exact) mass is 220 g/mol. The molecule has 0 aromatic carbocycles. The van der Waals surface area contributed by atoms with Crippen LogP contribution in [0.4, 0.5) is 0 Å². The zero-order valence-corrected chi connectivity index (χ0v) is 9.33. The molecule has 15 heavy (non-hydrogen) atoms.